The van der Waals surface area contributed by atoms with Crippen LogP contribution >= 0.6 is 0 Å². The Bertz CT molecular complexity index is 444. The van der Waals surface area contributed by atoms with Crippen molar-refractivity contribution in [1.29, 1.82) is 0 Å². The summed E-state index contributed by atoms with van der Waals surface area (Å²) in [5.74, 6) is -0.449. The largest absolute Gasteiger partial charge is 0.505 e. The smallest absolute Gasteiger partial charge is 0.172 e. The van der Waals surface area contributed by atoms with Gasteiger partial charge in [-0.2, -0.15) is 0 Å². The lowest BCUT2D eigenvalue weighted by molar-refractivity contribution is 0.335. The molecule has 4 nitrogen and oxygen atoms in total. The third kappa shape index (κ3) is 1.70. The number of methoxy groups -OCH3 is 2. The Balaban J connectivity index is 2.66. The predicted octanol–water partition coefficient (Wildman–Crippen LogP) is 1.54. The number of rotatable bonds is 4. The average Bonchev–Trinajstić information content (AvgIpc) is 3.12. The van der Waals surface area contributed by atoms with Crippen LogP contribution in [0.15, 0.2) is 6.07 Å². The highest BCUT2D eigenvalue weighted by Gasteiger charge is 2.48. The van der Waals surface area contributed by atoms with Crippen LogP contribution in [0.4, 0.5) is 4.39 Å². The number of phenols is 1. The molecule has 0 aromatic heterocycles. The van der Waals surface area contributed by atoms with E-state index in [4.69, 9.17) is 15.2 Å². The van der Waals surface area contributed by atoms with Gasteiger partial charge in [0.2, 0.25) is 0 Å². The van der Waals surface area contributed by atoms with Crippen molar-refractivity contribution in [2.24, 2.45) is 5.73 Å². The quantitative estimate of drug-likeness (QED) is 0.839. The van der Waals surface area contributed by atoms with Crippen LogP contribution < -0.4 is 15.2 Å². The minimum atomic E-state index is -0.661. The van der Waals surface area contributed by atoms with Gasteiger partial charge < -0.3 is 20.3 Å². The summed E-state index contributed by atoms with van der Waals surface area (Å²) >= 11 is 0. The van der Waals surface area contributed by atoms with Crippen molar-refractivity contribution in [3.05, 3.63) is 17.4 Å². The number of hydrogen-bond donors (Lipinski definition) is 2. The first-order chi connectivity index (χ1) is 8.09. The summed E-state index contributed by atoms with van der Waals surface area (Å²) in [7, 11) is 2.89. The van der Waals surface area contributed by atoms with Crippen LogP contribution in [0, 0.1) is 5.82 Å². The van der Waals surface area contributed by atoms with Crippen LogP contribution in [0.3, 0.4) is 0 Å². The summed E-state index contributed by atoms with van der Waals surface area (Å²) in [4.78, 5) is 0. The molecule has 0 amide bonds. The van der Waals surface area contributed by atoms with Gasteiger partial charge in [-0.25, -0.2) is 4.39 Å². The lowest BCUT2D eigenvalue weighted by Crippen LogP contribution is -2.22. The monoisotopic (exact) mass is 241 g/mol. The third-order valence-corrected chi connectivity index (χ3v) is 3.36. The number of phenolic OH excluding ortho intramolecular Hbond substituents is 1. The van der Waals surface area contributed by atoms with E-state index in [1.165, 1.54) is 20.3 Å². The highest BCUT2D eigenvalue weighted by Crippen LogP contribution is 2.55. The molecule has 0 saturated heterocycles. The van der Waals surface area contributed by atoms with Crippen LogP contribution in [-0.4, -0.2) is 25.9 Å². The maximum Gasteiger partial charge on any atom is 0.172 e. The van der Waals surface area contributed by atoms with Crippen molar-refractivity contribution < 1.29 is 19.0 Å². The second-order valence-electron chi connectivity index (χ2n) is 4.30. The van der Waals surface area contributed by atoms with E-state index in [1.807, 2.05) is 0 Å². The van der Waals surface area contributed by atoms with Crippen LogP contribution in [0.2, 0.25) is 0 Å². The van der Waals surface area contributed by atoms with Crippen molar-refractivity contribution in [1.82, 2.24) is 0 Å². The van der Waals surface area contributed by atoms with E-state index in [2.05, 4.69) is 0 Å². The number of ether oxygens (including phenoxy) is 2. The summed E-state index contributed by atoms with van der Waals surface area (Å²) in [5, 5.41) is 9.57. The van der Waals surface area contributed by atoms with Gasteiger partial charge in [0.25, 0.3) is 0 Å². The molecule has 1 saturated carbocycles. The van der Waals surface area contributed by atoms with Crippen LogP contribution in [0.5, 0.6) is 17.2 Å². The Morgan fingerprint density at radius 3 is 2.47 bits per heavy atom. The fraction of sp³-hybridized carbons (Fsp3) is 0.500. The molecule has 1 aliphatic rings. The van der Waals surface area contributed by atoms with E-state index in [0.29, 0.717) is 23.6 Å². The number of hydrogen-bond acceptors (Lipinski definition) is 4. The minimum Gasteiger partial charge on any atom is -0.505 e. The molecular weight excluding hydrogens is 225 g/mol. The first-order valence-corrected chi connectivity index (χ1v) is 5.43. The Hall–Kier alpha value is -1.49. The van der Waals surface area contributed by atoms with Crippen molar-refractivity contribution in [3.63, 3.8) is 0 Å². The lowest BCUT2D eigenvalue weighted by atomic mass is 9.93. The van der Waals surface area contributed by atoms with E-state index in [0.717, 1.165) is 12.8 Å². The zero-order chi connectivity index (χ0) is 12.6. The molecule has 2 rings (SSSR count). The molecule has 1 aromatic rings. The molecule has 3 N–H and O–H groups in total. The van der Waals surface area contributed by atoms with Crippen molar-refractivity contribution >= 4 is 0 Å². The fourth-order valence-electron chi connectivity index (χ4n) is 2.14. The molecule has 0 unspecified atom stereocenters. The van der Waals surface area contributed by atoms with Gasteiger partial charge in [0, 0.05) is 23.6 Å². The van der Waals surface area contributed by atoms with Crippen LogP contribution in [0.1, 0.15) is 18.4 Å². The van der Waals surface area contributed by atoms with Crippen LogP contribution in [-0.2, 0) is 5.41 Å². The van der Waals surface area contributed by atoms with E-state index in [9.17, 15) is 9.50 Å². The topological polar surface area (TPSA) is 64.7 Å². The van der Waals surface area contributed by atoms with Gasteiger partial charge in [0.1, 0.15) is 0 Å². The van der Waals surface area contributed by atoms with E-state index >= 15 is 0 Å². The normalized spacial score (nSPS) is 16.7. The number of halogens is 1. The van der Waals surface area contributed by atoms with Gasteiger partial charge in [-0.1, -0.05) is 0 Å². The first-order valence-electron chi connectivity index (χ1n) is 5.43. The molecular formula is C12H16FNO3. The average molecular weight is 241 g/mol. The molecule has 0 bridgehead atoms. The lowest BCUT2D eigenvalue weighted by Gasteiger charge is -2.20. The summed E-state index contributed by atoms with van der Waals surface area (Å²) < 4.78 is 24.3. The summed E-state index contributed by atoms with van der Waals surface area (Å²) in [6, 6.07) is 1.21. The number of nitrogens with two attached hydrogens (primary N) is 1. The van der Waals surface area contributed by atoms with E-state index < -0.39 is 17.0 Å². The molecule has 0 spiro atoms. The van der Waals surface area contributed by atoms with Gasteiger partial charge in [-0.05, 0) is 12.8 Å². The maximum atomic E-state index is 14.0. The first kappa shape index (κ1) is 12.0. The summed E-state index contributed by atoms with van der Waals surface area (Å²) in [5.41, 5.74) is 5.61. The second-order valence-corrected chi connectivity index (χ2v) is 4.30. The molecule has 17 heavy (non-hydrogen) atoms. The van der Waals surface area contributed by atoms with Gasteiger partial charge >= 0.3 is 0 Å². The maximum absolute atomic E-state index is 14.0. The summed E-state index contributed by atoms with van der Waals surface area (Å²) in [6.07, 6.45) is 1.59. The molecule has 0 radical (unpaired) electrons. The molecule has 1 aromatic carbocycles. The molecule has 1 fully saturated rings. The molecule has 1 aliphatic carbocycles. The van der Waals surface area contributed by atoms with E-state index in [-0.39, 0.29) is 0 Å². The van der Waals surface area contributed by atoms with Crippen LogP contribution in [0.25, 0.3) is 0 Å². The van der Waals surface area contributed by atoms with Gasteiger partial charge in [0.05, 0.1) is 14.2 Å². The van der Waals surface area contributed by atoms with E-state index in [1.54, 1.807) is 0 Å². The standard InChI is InChI=1S/C12H16FNO3/c1-16-8-5-7(15)10(13)9(11(8)17-2)12(6-14)3-4-12/h5,15H,3-4,6,14H2,1-2H3. The van der Waals surface area contributed by atoms with Crippen molar-refractivity contribution in [2.75, 3.05) is 20.8 Å². The zero-order valence-electron chi connectivity index (χ0n) is 9.92. The SMILES string of the molecule is COc1cc(O)c(F)c(C2(CN)CC2)c1OC. The molecule has 0 heterocycles. The molecule has 94 valence electrons. The van der Waals surface area contributed by atoms with Crippen molar-refractivity contribution in [3.8, 4) is 17.2 Å². The Morgan fingerprint density at radius 2 is 2.06 bits per heavy atom. The molecule has 0 aliphatic heterocycles. The van der Waals surface area contributed by atoms with Crippen molar-refractivity contribution in [2.45, 2.75) is 18.3 Å². The molecule has 5 heteroatoms. The summed E-state index contributed by atoms with van der Waals surface area (Å²) in [6.45, 7) is 0.326. The Labute approximate surface area is 99.1 Å². The Kier molecular flexibility index (Phi) is 2.87. The predicted molar refractivity (Wildman–Crippen MR) is 61.1 cm³/mol. The van der Waals surface area contributed by atoms with Gasteiger partial charge in [-0.3, -0.25) is 0 Å². The third-order valence-electron chi connectivity index (χ3n) is 3.36. The zero-order valence-corrected chi connectivity index (χ0v) is 9.92. The van der Waals surface area contributed by atoms with Gasteiger partial charge in [-0.15, -0.1) is 0 Å². The number of benzene rings is 1. The fourth-order valence-corrected chi connectivity index (χ4v) is 2.14. The minimum absolute atomic E-state index is 0.320. The van der Waals surface area contributed by atoms with Gasteiger partial charge in [0.15, 0.2) is 23.1 Å². The highest BCUT2D eigenvalue weighted by molar-refractivity contribution is 5.57. The molecule has 0 atom stereocenters. The Morgan fingerprint density at radius 1 is 1.41 bits per heavy atom. The number of aromatic hydroxyl groups is 1. The second kappa shape index (κ2) is 4.07. The highest BCUT2D eigenvalue weighted by atomic mass is 19.1.